The van der Waals surface area contributed by atoms with Crippen molar-refractivity contribution in [1.82, 2.24) is 5.32 Å². The van der Waals surface area contributed by atoms with Crippen LogP contribution in [0.5, 0.6) is 0 Å². The Hall–Kier alpha value is -1.60. The maximum absolute atomic E-state index is 13.0. The van der Waals surface area contributed by atoms with E-state index in [1.54, 1.807) is 6.08 Å². The molecule has 0 aliphatic carbocycles. The molecule has 0 aromatic carbocycles. The number of carbonyl (C=O) groups excluding carboxylic acids is 2. The Morgan fingerprint density at radius 3 is 1.41 bits per heavy atom. The SMILES string of the molecule is CCCCCCCCCCCCCCC/C=C/C(O)C(COC1OC(CO)C(O)C(O)C1O)NC(=O)CCCCCCCCCCCCCCOC(=O)CCCCCCCCCCCCC. The molecule has 1 amide bonds. The zero-order chi connectivity index (χ0) is 48.1. The van der Waals surface area contributed by atoms with Crippen LogP contribution in [-0.4, -0.2) is 100 Å². The van der Waals surface area contributed by atoms with E-state index in [0.29, 0.717) is 19.4 Å². The molecule has 1 fully saturated rings. The summed E-state index contributed by atoms with van der Waals surface area (Å²) in [6.07, 6.45) is 41.3. The highest BCUT2D eigenvalue weighted by atomic mass is 16.7. The van der Waals surface area contributed by atoms with Crippen molar-refractivity contribution in [2.45, 2.75) is 307 Å². The summed E-state index contributed by atoms with van der Waals surface area (Å²) in [4.78, 5) is 25.1. The Morgan fingerprint density at radius 1 is 0.545 bits per heavy atom. The van der Waals surface area contributed by atoms with Crippen LogP contribution in [0.3, 0.4) is 0 Å². The third-order valence-electron chi connectivity index (χ3n) is 13.4. The molecular formula is C55H105NO10. The standard InChI is InChI=1S/C55H105NO10/c1-3-5-7-9-11-13-15-16-17-18-22-25-29-33-37-41-48(58)47(46-65-55-54(63)53(62)52(61)49(45-57)66-55)56-50(59)42-38-34-30-26-23-19-20-24-28-32-36-40-44-64-51(60)43-39-35-31-27-21-14-12-10-8-6-4-2/h37,41,47-49,52-55,57-58,61-63H,3-36,38-40,42-46H2,1-2H3,(H,56,59)/b41-37+. The summed E-state index contributed by atoms with van der Waals surface area (Å²) in [6.45, 7) is 4.30. The van der Waals surface area contributed by atoms with Gasteiger partial charge in [-0.2, -0.15) is 0 Å². The Bertz CT molecular complexity index is 1110. The summed E-state index contributed by atoms with van der Waals surface area (Å²) in [5, 5.41) is 54.4. The second kappa shape index (κ2) is 45.8. The molecule has 0 spiro atoms. The number of hydrogen-bond donors (Lipinski definition) is 6. The Labute approximate surface area is 404 Å². The van der Waals surface area contributed by atoms with Gasteiger partial charge in [0.25, 0.3) is 0 Å². The molecule has 1 rings (SSSR count). The van der Waals surface area contributed by atoms with Gasteiger partial charge in [-0.3, -0.25) is 9.59 Å². The average Bonchev–Trinajstić information content (AvgIpc) is 3.31. The molecule has 66 heavy (non-hydrogen) atoms. The summed E-state index contributed by atoms with van der Waals surface area (Å²) in [6, 6.07) is -0.820. The number of ether oxygens (including phenoxy) is 3. The number of aliphatic hydroxyl groups is 5. The monoisotopic (exact) mass is 940 g/mol. The second-order valence-electron chi connectivity index (χ2n) is 19.7. The van der Waals surface area contributed by atoms with Gasteiger partial charge in [0.05, 0.1) is 32.0 Å². The molecule has 0 radical (unpaired) electrons. The first-order valence-corrected chi connectivity index (χ1v) is 28.0. The third kappa shape index (κ3) is 35.5. The predicted octanol–water partition coefficient (Wildman–Crippen LogP) is 12.0. The summed E-state index contributed by atoms with van der Waals surface area (Å²) in [5.74, 6) is -0.228. The van der Waals surface area contributed by atoms with Crippen LogP contribution >= 0.6 is 0 Å². The molecule has 7 atom stereocenters. The van der Waals surface area contributed by atoms with Crippen molar-refractivity contribution >= 4 is 11.9 Å². The minimum absolute atomic E-state index is 0.0330. The number of allylic oxidation sites excluding steroid dienone is 1. The average molecular weight is 940 g/mol. The summed E-state index contributed by atoms with van der Waals surface area (Å²) >= 11 is 0. The first-order chi connectivity index (χ1) is 32.2. The first-order valence-electron chi connectivity index (χ1n) is 28.0. The lowest BCUT2D eigenvalue weighted by molar-refractivity contribution is -0.302. The van der Waals surface area contributed by atoms with E-state index in [2.05, 4.69) is 19.2 Å². The lowest BCUT2D eigenvalue weighted by Crippen LogP contribution is -2.60. The first kappa shape index (κ1) is 62.4. The van der Waals surface area contributed by atoms with E-state index in [9.17, 15) is 35.1 Å². The van der Waals surface area contributed by atoms with E-state index in [0.717, 1.165) is 70.6 Å². The molecule has 0 saturated carbocycles. The lowest BCUT2D eigenvalue weighted by Gasteiger charge is -2.40. The number of amides is 1. The van der Waals surface area contributed by atoms with Crippen LogP contribution in [0.2, 0.25) is 0 Å². The molecule has 7 unspecified atom stereocenters. The minimum Gasteiger partial charge on any atom is -0.466 e. The number of nitrogens with one attached hydrogen (secondary N) is 1. The molecule has 6 N–H and O–H groups in total. The fourth-order valence-corrected chi connectivity index (χ4v) is 8.91. The smallest absolute Gasteiger partial charge is 0.305 e. The van der Waals surface area contributed by atoms with Crippen LogP contribution in [0.25, 0.3) is 0 Å². The minimum atomic E-state index is -1.58. The van der Waals surface area contributed by atoms with E-state index < -0.39 is 49.5 Å². The van der Waals surface area contributed by atoms with Gasteiger partial charge in [0.15, 0.2) is 6.29 Å². The fourth-order valence-electron chi connectivity index (χ4n) is 8.91. The molecule has 0 aromatic heterocycles. The molecule has 1 aliphatic rings. The summed E-state index contributed by atoms with van der Waals surface area (Å²) < 4.78 is 16.7. The molecule has 1 heterocycles. The Kier molecular flexibility index (Phi) is 43.3. The van der Waals surface area contributed by atoms with Crippen molar-refractivity contribution in [3.05, 3.63) is 12.2 Å². The van der Waals surface area contributed by atoms with Gasteiger partial charge < -0.3 is 45.1 Å². The molecule has 0 bridgehead atoms. The summed E-state index contributed by atoms with van der Waals surface area (Å²) in [5.41, 5.74) is 0. The van der Waals surface area contributed by atoms with Crippen LogP contribution in [0.4, 0.5) is 0 Å². The fraction of sp³-hybridized carbons (Fsp3) is 0.927. The number of esters is 1. The van der Waals surface area contributed by atoms with Crippen molar-refractivity contribution in [3.63, 3.8) is 0 Å². The van der Waals surface area contributed by atoms with Crippen molar-refractivity contribution in [1.29, 1.82) is 0 Å². The van der Waals surface area contributed by atoms with Gasteiger partial charge in [-0.05, 0) is 32.1 Å². The molecule has 1 aliphatic heterocycles. The maximum atomic E-state index is 13.0. The van der Waals surface area contributed by atoms with Crippen LogP contribution in [0.15, 0.2) is 12.2 Å². The van der Waals surface area contributed by atoms with E-state index in [-0.39, 0.29) is 18.5 Å². The zero-order valence-electron chi connectivity index (χ0n) is 42.7. The molecule has 1 saturated heterocycles. The van der Waals surface area contributed by atoms with Gasteiger partial charge in [-0.25, -0.2) is 0 Å². The number of carbonyl (C=O) groups is 2. The molecule has 11 heteroatoms. The lowest BCUT2D eigenvalue weighted by atomic mass is 9.99. The molecule has 390 valence electrons. The summed E-state index contributed by atoms with van der Waals surface area (Å²) in [7, 11) is 0. The van der Waals surface area contributed by atoms with Gasteiger partial charge >= 0.3 is 5.97 Å². The normalized spacial score (nSPS) is 19.7. The van der Waals surface area contributed by atoms with Crippen LogP contribution in [0, 0.1) is 0 Å². The van der Waals surface area contributed by atoms with E-state index >= 15 is 0 Å². The van der Waals surface area contributed by atoms with Crippen molar-refractivity contribution in [2.75, 3.05) is 19.8 Å². The topological polar surface area (TPSA) is 175 Å². The maximum Gasteiger partial charge on any atom is 0.305 e. The van der Waals surface area contributed by atoms with Gasteiger partial charge in [0.1, 0.15) is 24.4 Å². The third-order valence-corrected chi connectivity index (χ3v) is 13.4. The predicted molar refractivity (Wildman–Crippen MR) is 269 cm³/mol. The quantitative estimate of drug-likeness (QED) is 0.0196. The second-order valence-corrected chi connectivity index (χ2v) is 19.7. The van der Waals surface area contributed by atoms with Gasteiger partial charge in [-0.1, -0.05) is 231 Å². The molecule has 11 nitrogen and oxygen atoms in total. The van der Waals surface area contributed by atoms with Gasteiger partial charge in [-0.15, -0.1) is 0 Å². The molecular weight excluding hydrogens is 835 g/mol. The number of aliphatic hydroxyl groups excluding tert-OH is 5. The molecule has 0 aromatic rings. The van der Waals surface area contributed by atoms with E-state index in [1.807, 2.05) is 6.08 Å². The highest BCUT2D eigenvalue weighted by molar-refractivity contribution is 5.76. The van der Waals surface area contributed by atoms with E-state index in [1.165, 1.54) is 167 Å². The van der Waals surface area contributed by atoms with Crippen LogP contribution in [-0.2, 0) is 23.8 Å². The number of unbranched alkanes of at least 4 members (excludes halogenated alkanes) is 34. The van der Waals surface area contributed by atoms with Crippen molar-refractivity contribution in [3.8, 4) is 0 Å². The highest BCUT2D eigenvalue weighted by Gasteiger charge is 2.44. The van der Waals surface area contributed by atoms with Gasteiger partial charge in [0.2, 0.25) is 5.91 Å². The Morgan fingerprint density at radius 2 is 0.955 bits per heavy atom. The van der Waals surface area contributed by atoms with Crippen LogP contribution < -0.4 is 5.32 Å². The van der Waals surface area contributed by atoms with Gasteiger partial charge in [0, 0.05) is 12.8 Å². The van der Waals surface area contributed by atoms with Crippen molar-refractivity contribution < 1.29 is 49.3 Å². The zero-order valence-corrected chi connectivity index (χ0v) is 42.7. The van der Waals surface area contributed by atoms with Crippen LogP contribution in [0.1, 0.15) is 264 Å². The van der Waals surface area contributed by atoms with Crippen molar-refractivity contribution in [2.24, 2.45) is 0 Å². The highest BCUT2D eigenvalue weighted by Crippen LogP contribution is 2.23. The number of rotatable bonds is 48. The largest absolute Gasteiger partial charge is 0.466 e. The van der Waals surface area contributed by atoms with E-state index in [4.69, 9.17) is 14.2 Å². The Balaban J connectivity index is 2.20. The number of hydrogen-bond acceptors (Lipinski definition) is 10.